The van der Waals surface area contributed by atoms with E-state index in [1.54, 1.807) is 37.3 Å². The Balaban J connectivity index is 1.43. The highest BCUT2D eigenvalue weighted by molar-refractivity contribution is 7.15. The summed E-state index contributed by atoms with van der Waals surface area (Å²) in [5, 5.41) is 12.7. The molecule has 4 rings (SSSR count). The van der Waals surface area contributed by atoms with E-state index in [2.05, 4.69) is 15.5 Å². The summed E-state index contributed by atoms with van der Waals surface area (Å²) in [7, 11) is 3.11. The van der Waals surface area contributed by atoms with Gasteiger partial charge in [0.1, 0.15) is 16.5 Å². The van der Waals surface area contributed by atoms with Crippen LogP contribution in [0.5, 0.6) is 11.5 Å². The van der Waals surface area contributed by atoms with E-state index in [4.69, 9.17) is 9.47 Å². The van der Waals surface area contributed by atoms with Crippen molar-refractivity contribution >= 4 is 34.0 Å². The van der Waals surface area contributed by atoms with Gasteiger partial charge in [-0.2, -0.15) is 0 Å². The molecule has 2 aliphatic rings. The minimum Gasteiger partial charge on any atom is -0.497 e. The molecule has 1 N–H and O–H groups in total. The van der Waals surface area contributed by atoms with E-state index in [-0.39, 0.29) is 18.2 Å². The molecule has 1 aliphatic carbocycles. The van der Waals surface area contributed by atoms with Crippen molar-refractivity contribution in [3.8, 4) is 11.5 Å². The second-order valence-electron chi connectivity index (χ2n) is 7.36. The van der Waals surface area contributed by atoms with Crippen LogP contribution >= 0.6 is 11.3 Å². The summed E-state index contributed by atoms with van der Waals surface area (Å²) in [6.07, 6.45) is 4.87. The van der Waals surface area contributed by atoms with E-state index in [1.165, 1.54) is 24.2 Å². The summed E-state index contributed by atoms with van der Waals surface area (Å²) in [5.74, 6) is 0.863. The van der Waals surface area contributed by atoms with Crippen LogP contribution < -0.4 is 19.7 Å². The van der Waals surface area contributed by atoms with Gasteiger partial charge in [0.25, 0.3) is 0 Å². The number of amides is 2. The molecule has 0 spiro atoms. The van der Waals surface area contributed by atoms with E-state index in [0.717, 1.165) is 17.8 Å². The molecule has 29 heavy (non-hydrogen) atoms. The van der Waals surface area contributed by atoms with Crippen LogP contribution in [-0.2, 0) is 9.59 Å². The minimum absolute atomic E-state index is 0.113. The molecule has 9 heteroatoms. The first-order valence-electron chi connectivity index (χ1n) is 9.75. The quantitative estimate of drug-likeness (QED) is 0.777. The van der Waals surface area contributed by atoms with Crippen LogP contribution in [0.1, 0.15) is 43.0 Å². The molecule has 1 saturated heterocycles. The fourth-order valence-electron chi connectivity index (χ4n) is 3.95. The molecule has 0 radical (unpaired) electrons. The average Bonchev–Trinajstić information content (AvgIpc) is 3.48. The van der Waals surface area contributed by atoms with Crippen molar-refractivity contribution in [3.05, 3.63) is 23.2 Å². The Labute approximate surface area is 173 Å². The van der Waals surface area contributed by atoms with Crippen molar-refractivity contribution in [2.75, 3.05) is 31.0 Å². The lowest BCUT2D eigenvalue weighted by Gasteiger charge is -2.20. The molecule has 2 aromatic rings. The van der Waals surface area contributed by atoms with E-state index in [9.17, 15) is 9.59 Å². The molecule has 1 saturated carbocycles. The van der Waals surface area contributed by atoms with Gasteiger partial charge in [-0.3, -0.25) is 9.59 Å². The van der Waals surface area contributed by atoms with E-state index in [1.807, 2.05) is 0 Å². The molecule has 154 valence electrons. The molecule has 0 unspecified atom stereocenters. The van der Waals surface area contributed by atoms with Gasteiger partial charge >= 0.3 is 0 Å². The Morgan fingerprint density at radius 1 is 1.21 bits per heavy atom. The number of nitrogens with zero attached hydrogens (tertiary/aromatic N) is 3. The molecule has 0 bridgehead atoms. The molecular formula is C20H24N4O4S. The number of anilines is 2. The fraction of sp³-hybridized carbons (Fsp3) is 0.500. The third-order valence-electron chi connectivity index (χ3n) is 5.55. The molecule has 2 heterocycles. The molecule has 2 fully saturated rings. The van der Waals surface area contributed by atoms with Gasteiger partial charge in [0.05, 0.1) is 25.8 Å². The number of rotatable bonds is 6. The normalized spacial score (nSPS) is 19.6. The summed E-state index contributed by atoms with van der Waals surface area (Å²) in [4.78, 5) is 26.9. The second kappa shape index (κ2) is 8.36. The lowest BCUT2D eigenvalue weighted by molar-refractivity contribution is -0.122. The van der Waals surface area contributed by atoms with Crippen LogP contribution in [0, 0.1) is 5.92 Å². The SMILES string of the molecule is COc1ccc(N2C[C@@H](C(=O)Nc3nnc(C4CCCC4)s3)CC2=O)c(OC)c1. The smallest absolute Gasteiger partial charge is 0.231 e. The van der Waals surface area contributed by atoms with Gasteiger partial charge in [0.15, 0.2) is 0 Å². The van der Waals surface area contributed by atoms with Crippen molar-refractivity contribution in [1.82, 2.24) is 10.2 Å². The summed E-state index contributed by atoms with van der Waals surface area (Å²) in [6, 6.07) is 5.26. The zero-order valence-electron chi connectivity index (χ0n) is 16.5. The Hall–Kier alpha value is -2.68. The van der Waals surface area contributed by atoms with Crippen molar-refractivity contribution in [1.29, 1.82) is 0 Å². The zero-order chi connectivity index (χ0) is 20.4. The molecule has 8 nitrogen and oxygen atoms in total. The van der Waals surface area contributed by atoms with Crippen LogP contribution in [0.4, 0.5) is 10.8 Å². The van der Waals surface area contributed by atoms with Crippen molar-refractivity contribution in [3.63, 3.8) is 0 Å². The summed E-state index contributed by atoms with van der Waals surface area (Å²) >= 11 is 1.44. The summed E-state index contributed by atoms with van der Waals surface area (Å²) < 4.78 is 10.6. The summed E-state index contributed by atoms with van der Waals surface area (Å²) in [5.41, 5.74) is 0.632. The maximum Gasteiger partial charge on any atom is 0.231 e. The monoisotopic (exact) mass is 416 g/mol. The number of carbonyl (C=O) groups is 2. The molecule has 1 atom stereocenters. The van der Waals surface area contributed by atoms with Gasteiger partial charge in [0, 0.05) is 24.9 Å². The molecule has 1 aromatic heterocycles. The number of methoxy groups -OCH3 is 2. The average molecular weight is 417 g/mol. The van der Waals surface area contributed by atoms with Crippen LogP contribution in [0.3, 0.4) is 0 Å². The number of hydrogen-bond donors (Lipinski definition) is 1. The highest BCUT2D eigenvalue weighted by Crippen LogP contribution is 2.38. The molecule has 1 aromatic carbocycles. The number of hydrogen-bond acceptors (Lipinski definition) is 7. The number of carbonyl (C=O) groups excluding carboxylic acids is 2. The maximum absolute atomic E-state index is 12.7. The Morgan fingerprint density at radius 3 is 2.72 bits per heavy atom. The molecule has 1 aliphatic heterocycles. The minimum atomic E-state index is -0.451. The van der Waals surface area contributed by atoms with Gasteiger partial charge < -0.3 is 19.7 Å². The first kappa shape index (κ1) is 19.6. The lowest BCUT2D eigenvalue weighted by Crippen LogP contribution is -2.28. The standard InChI is InChI=1S/C20H24N4O4S/c1-27-14-7-8-15(16(10-14)28-2)24-11-13(9-17(24)25)18(26)21-20-23-22-19(29-20)12-5-3-4-6-12/h7-8,10,12-13H,3-6,9,11H2,1-2H3,(H,21,23,26)/t13-/m0/s1. The van der Waals surface area contributed by atoms with E-state index < -0.39 is 5.92 Å². The fourth-order valence-corrected chi connectivity index (χ4v) is 4.87. The third kappa shape index (κ3) is 4.05. The second-order valence-corrected chi connectivity index (χ2v) is 8.37. The van der Waals surface area contributed by atoms with Crippen LogP contribution in [0.15, 0.2) is 18.2 Å². The molecule has 2 amide bonds. The van der Waals surface area contributed by atoms with Gasteiger partial charge in [-0.1, -0.05) is 24.2 Å². The van der Waals surface area contributed by atoms with Gasteiger partial charge in [-0.15, -0.1) is 10.2 Å². The summed E-state index contributed by atoms with van der Waals surface area (Å²) in [6.45, 7) is 0.293. The van der Waals surface area contributed by atoms with Gasteiger partial charge in [0.2, 0.25) is 16.9 Å². The van der Waals surface area contributed by atoms with Crippen molar-refractivity contribution in [2.24, 2.45) is 5.92 Å². The number of aromatic nitrogens is 2. The van der Waals surface area contributed by atoms with Gasteiger partial charge in [-0.25, -0.2) is 0 Å². The number of nitrogens with one attached hydrogen (secondary N) is 1. The zero-order valence-corrected chi connectivity index (χ0v) is 17.3. The largest absolute Gasteiger partial charge is 0.497 e. The number of ether oxygens (including phenoxy) is 2. The Bertz CT molecular complexity index is 910. The predicted molar refractivity (Wildman–Crippen MR) is 110 cm³/mol. The highest BCUT2D eigenvalue weighted by atomic mass is 32.1. The van der Waals surface area contributed by atoms with Crippen molar-refractivity contribution < 1.29 is 19.1 Å². The van der Waals surface area contributed by atoms with Crippen LogP contribution in [-0.4, -0.2) is 42.8 Å². The third-order valence-corrected chi connectivity index (χ3v) is 6.55. The van der Waals surface area contributed by atoms with E-state index in [0.29, 0.717) is 34.8 Å². The van der Waals surface area contributed by atoms with Crippen LogP contribution in [0.25, 0.3) is 0 Å². The first-order valence-corrected chi connectivity index (χ1v) is 10.6. The van der Waals surface area contributed by atoms with Gasteiger partial charge in [-0.05, 0) is 25.0 Å². The highest BCUT2D eigenvalue weighted by Gasteiger charge is 2.37. The topological polar surface area (TPSA) is 93.6 Å². The van der Waals surface area contributed by atoms with Crippen molar-refractivity contribution in [2.45, 2.75) is 38.0 Å². The molecular weight excluding hydrogens is 392 g/mol. The van der Waals surface area contributed by atoms with Crippen LogP contribution in [0.2, 0.25) is 0 Å². The predicted octanol–water partition coefficient (Wildman–Crippen LogP) is 3.20. The Kier molecular flexibility index (Phi) is 5.66. The maximum atomic E-state index is 12.7. The first-order chi connectivity index (χ1) is 14.1. The van der Waals surface area contributed by atoms with E-state index >= 15 is 0 Å². The number of benzene rings is 1. The Morgan fingerprint density at radius 2 is 2.00 bits per heavy atom. The lowest BCUT2D eigenvalue weighted by atomic mass is 10.1.